The zero-order chi connectivity index (χ0) is 13.7. The number of nitrogens with two attached hydrogens (primary N) is 1. The predicted molar refractivity (Wildman–Crippen MR) is 70.9 cm³/mol. The van der Waals surface area contributed by atoms with E-state index in [4.69, 9.17) is 15.5 Å². The van der Waals surface area contributed by atoms with E-state index in [1.54, 1.807) is 18.2 Å². The zero-order valence-electron chi connectivity index (χ0n) is 10.7. The van der Waals surface area contributed by atoms with Crippen LogP contribution in [-0.2, 0) is 6.42 Å². The van der Waals surface area contributed by atoms with Gasteiger partial charge < -0.3 is 15.5 Å². The Kier molecular flexibility index (Phi) is 4.12. The fourth-order valence-electron chi connectivity index (χ4n) is 1.68. The van der Waals surface area contributed by atoms with Crippen molar-refractivity contribution >= 4 is 5.84 Å². The van der Waals surface area contributed by atoms with Crippen LogP contribution in [0.4, 0.5) is 0 Å². The molecule has 0 aliphatic rings. The highest BCUT2D eigenvalue weighted by atomic mass is 16.5. The molecule has 0 unspecified atom stereocenters. The Balaban J connectivity index is 2.24. The maximum absolute atomic E-state index is 8.66. The van der Waals surface area contributed by atoms with E-state index in [-0.39, 0.29) is 5.84 Å². The number of hydrogen-bond acceptors (Lipinski definition) is 5. The normalized spacial score (nSPS) is 11.7. The van der Waals surface area contributed by atoms with E-state index in [2.05, 4.69) is 22.2 Å². The molecule has 100 valence electrons. The molecule has 2 aromatic rings. The first-order chi connectivity index (χ1) is 9.24. The van der Waals surface area contributed by atoms with E-state index >= 15 is 0 Å². The Morgan fingerprint density at radius 1 is 1.47 bits per heavy atom. The van der Waals surface area contributed by atoms with Crippen molar-refractivity contribution in [2.45, 2.75) is 26.2 Å². The van der Waals surface area contributed by atoms with Crippen LogP contribution in [0.3, 0.4) is 0 Å². The van der Waals surface area contributed by atoms with Crippen molar-refractivity contribution in [1.82, 2.24) is 10.1 Å². The molecular weight excluding hydrogens is 244 g/mol. The number of unbranched alkanes of at least 4 members (excludes halogenated alkanes) is 1. The van der Waals surface area contributed by atoms with Crippen molar-refractivity contribution in [1.29, 1.82) is 0 Å². The average Bonchev–Trinajstić information content (AvgIpc) is 2.93. The number of hydrogen-bond donors (Lipinski definition) is 2. The summed E-state index contributed by atoms with van der Waals surface area (Å²) in [5.41, 5.74) is 6.93. The van der Waals surface area contributed by atoms with Crippen LogP contribution in [0.2, 0.25) is 0 Å². The number of nitrogens with zero attached hydrogens (tertiary/aromatic N) is 3. The standard InChI is InChI=1S/C13H16N4O2/c1-2-3-7-11-15-13(17-19-11)10-6-4-5-9(8-10)12(14)16-18/h4-6,8,18H,2-3,7H2,1H3,(H2,14,16). The molecule has 19 heavy (non-hydrogen) atoms. The topological polar surface area (TPSA) is 97.5 Å². The van der Waals surface area contributed by atoms with Crippen LogP contribution in [0.1, 0.15) is 31.2 Å². The summed E-state index contributed by atoms with van der Waals surface area (Å²) in [7, 11) is 0. The molecule has 0 amide bonds. The molecule has 0 fully saturated rings. The summed E-state index contributed by atoms with van der Waals surface area (Å²) in [6.07, 6.45) is 2.88. The van der Waals surface area contributed by atoms with Crippen molar-refractivity contribution in [2.24, 2.45) is 10.9 Å². The largest absolute Gasteiger partial charge is 0.409 e. The van der Waals surface area contributed by atoms with Gasteiger partial charge in [-0.15, -0.1) is 0 Å². The minimum absolute atomic E-state index is 0.0524. The molecular formula is C13H16N4O2. The molecule has 0 aliphatic heterocycles. The number of benzene rings is 1. The number of oxime groups is 1. The fourth-order valence-corrected chi connectivity index (χ4v) is 1.68. The number of aryl methyl sites for hydroxylation is 1. The first-order valence-electron chi connectivity index (χ1n) is 6.15. The van der Waals surface area contributed by atoms with E-state index in [0.29, 0.717) is 17.3 Å². The monoisotopic (exact) mass is 260 g/mol. The maximum Gasteiger partial charge on any atom is 0.226 e. The minimum atomic E-state index is 0.0524. The molecule has 0 spiro atoms. The molecule has 1 aromatic heterocycles. The van der Waals surface area contributed by atoms with E-state index in [1.165, 1.54) is 0 Å². The lowest BCUT2D eigenvalue weighted by atomic mass is 10.1. The van der Waals surface area contributed by atoms with Crippen molar-refractivity contribution < 1.29 is 9.73 Å². The van der Waals surface area contributed by atoms with Gasteiger partial charge in [-0.05, 0) is 12.5 Å². The number of amidine groups is 1. The van der Waals surface area contributed by atoms with Crippen LogP contribution < -0.4 is 5.73 Å². The van der Waals surface area contributed by atoms with Gasteiger partial charge in [-0.3, -0.25) is 0 Å². The fraction of sp³-hybridized carbons (Fsp3) is 0.308. The Labute approximate surface area is 110 Å². The summed E-state index contributed by atoms with van der Waals surface area (Å²) < 4.78 is 5.18. The first kappa shape index (κ1) is 13.1. The van der Waals surface area contributed by atoms with Crippen LogP contribution in [0.25, 0.3) is 11.4 Å². The van der Waals surface area contributed by atoms with Gasteiger partial charge in [-0.2, -0.15) is 4.98 Å². The van der Waals surface area contributed by atoms with Crippen LogP contribution in [0.5, 0.6) is 0 Å². The molecule has 0 saturated heterocycles. The quantitative estimate of drug-likeness (QED) is 0.371. The molecule has 6 heteroatoms. The van der Waals surface area contributed by atoms with Gasteiger partial charge in [0.15, 0.2) is 5.84 Å². The lowest BCUT2D eigenvalue weighted by Crippen LogP contribution is -2.12. The highest BCUT2D eigenvalue weighted by molar-refractivity contribution is 5.97. The van der Waals surface area contributed by atoms with Crippen molar-refractivity contribution in [3.05, 3.63) is 35.7 Å². The van der Waals surface area contributed by atoms with E-state index < -0.39 is 0 Å². The summed E-state index contributed by atoms with van der Waals surface area (Å²) in [6, 6.07) is 7.15. The number of aromatic nitrogens is 2. The zero-order valence-corrected chi connectivity index (χ0v) is 10.7. The first-order valence-corrected chi connectivity index (χ1v) is 6.15. The molecule has 0 radical (unpaired) electrons. The third-order valence-electron chi connectivity index (χ3n) is 2.74. The van der Waals surface area contributed by atoms with Gasteiger partial charge in [0.05, 0.1) is 0 Å². The smallest absolute Gasteiger partial charge is 0.226 e. The van der Waals surface area contributed by atoms with Gasteiger partial charge in [0.25, 0.3) is 0 Å². The van der Waals surface area contributed by atoms with Crippen molar-refractivity contribution in [3.63, 3.8) is 0 Å². The summed E-state index contributed by atoms with van der Waals surface area (Å²) in [5, 5.41) is 15.6. The van der Waals surface area contributed by atoms with Crippen LogP contribution in [0, 0.1) is 0 Å². The number of rotatable bonds is 5. The minimum Gasteiger partial charge on any atom is -0.409 e. The lowest BCUT2D eigenvalue weighted by molar-refractivity contribution is 0.318. The molecule has 6 nitrogen and oxygen atoms in total. The second kappa shape index (κ2) is 5.99. The molecule has 0 atom stereocenters. The molecule has 2 rings (SSSR count). The van der Waals surface area contributed by atoms with Gasteiger partial charge in [0.1, 0.15) is 0 Å². The van der Waals surface area contributed by atoms with Crippen LogP contribution in [0.15, 0.2) is 33.9 Å². The second-order valence-electron chi connectivity index (χ2n) is 4.18. The Hall–Kier alpha value is -2.37. The SMILES string of the molecule is CCCCc1nc(-c2cccc(/C(N)=N\O)c2)no1. The van der Waals surface area contributed by atoms with Gasteiger partial charge in [0, 0.05) is 17.5 Å². The van der Waals surface area contributed by atoms with Crippen molar-refractivity contribution in [3.8, 4) is 11.4 Å². The second-order valence-corrected chi connectivity index (χ2v) is 4.18. The molecule has 1 heterocycles. The Bertz CT molecular complexity index is 578. The highest BCUT2D eigenvalue weighted by Gasteiger charge is 2.09. The molecule has 0 bridgehead atoms. The van der Waals surface area contributed by atoms with Crippen LogP contribution >= 0.6 is 0 Å². The predicted octanol–water partition coefficient (Wildman–Crippen LogP) is 2.17. The Morgan fingerprint density at radius 3 is 3.05 bits per heavy atom. The van der Waals surface area contributed by atoms with Gasteiger partial charge >= 0.3 is 0 Å². The maximum atomic E-state index is 8.66. The summed E-state index contributed by atoms with van der Waals surface area (Å²) in [5.74, 6) is 1.20. The third kappa shape index (κ3) is 3.09. The summed E-state index contributed by atoms with van der Waals surface area (Å²) in [6.45, 7) is 2.11. The Morgan fingerprint density at radius 2 is 2.32 bits per heavy atom. The molecule has 0 saturated carbocycles. The summed E-state index contributed by atoms with van der Waals surface area (Å²) in [4.78, 5) is 4.32. The van der Waals surface area contributed by atoms with E-state index in [1.807, 2.05) is 6.07 Å². The van der Waals surface area contributed by atoms with Crippen LogP contribution in [-0.4, -0.2) is 21.2 Å². The third-order valence-corrected chi connectivity index (χ3v) is 2.74. The molecule has 0 aliphatic carbocycles. The van der Waals surface area contributed by atoms with E-state index in [9.17, 15) is 0 Å². The molecule has 1 aromatic carbocycles. The average molecular weight is 260 g/mol. The van der Waals surface area contributed by atoms with Gasteiger partial charge in [-0.25, -0.2) is 0 Å². The van der Waals surface area contributed by atoms with Gasteiger partial charge in [-0.1, -0.05) is 41.9 Å². The highest BCUT2D eigenvalue weighted by Crippen LogP contribution is 2.18. The lowest BCUT2D eigenvalue weighted by Gasteiger charge is -1.99. The van der Waals surface area contributed by atoms with E-state index in [0.717, 1.165) is 24.8 Å². The summed E-state index contributed by atoms with van der Waals surface area (Å²) >= 11 is 0. The van der Waals surface area contributed by atoms with Crippen molar-refractivity contribution in [2.75, 3.05) is 0 Å². The van der Waals surface area contributed by atoms with Gasteiger partial charge in [0.2, 0.25) is 11.7 Å². The molecule has 3 N–H and O–H groups in total.